The van der Waals surface area contributed by atoms with Gasteiger partial charge in [0.25, 0.3) is 0 Å². The Labute approximate surface area is 107 Å². The molecule has 0 fully saturated rings. The lowest BCUT2D eigenvalue weighted by molar-refractivity contribution is -0.166. The van der Waals surface area contributed by atoms with E-state index in [9.17, 15) is 14.4 Å². The first-order valence-corrected chi connectivity index (χ1v) is 5.77. The van der Waals surface area contributed by atoms with E-state index in [0.717, 1.165) is 0 Å². The van der Waals surface area contributed by atoms with E-state index < -0.39 is 24.0 Å². The molecule has 0 aliphatic carbocycles. The topological polar surface area (TPSA) is 78.9 Å². The molecule has 104 valence electrons. The Bertz CT molecular complexity index is 279. The first-order chi connectivity index (χ1) is 8.31. The molecule has 0 saturated carbocycles. The molecule has 0 heterocycles. The van der Waals surface area contributed by atoms with E-state index in [0.29, 0.717) is 0 Å². The minimum Gasteiger partial charge on any atom is -0.462 e. The van der Waals surface area contributed by atoms with Crippen molar-refractivity contribution in [3.05, 3.63) is 0 Å². The zero-order chi connectivity index (χ0) is 14.1. The number of hydrogen-bond acceptors (Lipinski definition) is 6. The molecule has 0 atom stereocenters. The molecule has 0 bridgehead atoms. The van der Waals surface area contributed by atoms with Gasteiger partial charge in [0.1, 0.15) is 13.2 Å². The van der Waals surface area contributed by atoms with Gasteiger partial charge in [-0.2, -0.15) is 0 Å². The molecule has 0 N–H and O–H groups in total. The number of carbonyl (C=O) groups is 3. The fraction of sp³-hybridized carbons (Fsp3) is 0.750. The van der Waals surface area contributed by atoms with Crippen molar-refractivity contribution < 1.29 is 28.6 Å². The van der Waals surface area contributed by atoms with Crippen molar-refractivity contribution in [2.75, 3.05) is 13.2 Å². The highest BCUT2D eigenvalue weighted by Crippen LogP contribution is 2.05. The minimum atomic E-state index is -0.760. The van der Waals surface area contributed by atoms with Crippen molar-refractivity contribution in [1.29, 1.82) is 0 Å². The zero-order valence-corrected chi connectivity index (χ0v) is 11.2. The smallest absolute Gasteiger partial charge is 0.306 e. The molecule has 0 spiro atoms. The number of rotatable bonds is 7. The first kappa shape index (κ1) is 16.4. The molecular weight excluding hydrogens is 240 g/mol. The van der Waals surface area contributed by atoms with Crippen LogP contribution in [0.25, 0.3) is 0 Å². The van der Waals surface area contributed by atoms with Crippen LogP contribution in [0.3, 0.4) is 0 Å². The lowest BCUT2D eigenvalue weighted by Gasteiger charge is -2.17. The molecule has 0 aliphatic heterocycles. The average molecular weight is 260 g/mol. The third kappa shape index (κ3) is 9.62. The number of ether oxygens (including phenoxy) is 3. The van der Waals surface area contributed by atoms with Crippen LogP contribution in [0.1, 0.15) is 34.1 Å². The van der Waals surface area contributed by atoms with Gasteiger partial charge >= 0.3 is 17.9 Å². The summed E-state index contributed by atoms with van der Waals surface area (Å²) in [5, 5.41) is 0. The average Bonchev–Trinajstić information content (AvgIpc) is 2.20. The van der Waals surface area contributed by atoms with E-state index in [1.165, 1.54) is 13.8 Å². The lowest BCUT2D eigenvalue weighted by Crippen LogP contribution is -2.30. The van der Waals surface area contributed by atoms with E-state index in [-0.39, 0.29) is 25.6 Å². The molecule has 0 amide bonds. The monoisotopic (exact) mass is 260 g/mol. The van der Waals surface area contributed by atoms with Crippen LogP contribution in [0.5, 0.6) is 0 Å². The fourth-order valence-corrected chi connectivity index (χ4v) is 1.10. The van der Waals surface area contributed by atoms with Gasteiger partial charge in [-0.15, -0.1) is 0 Å². The van der Waals surface area contributed by atoms with Crippen molar-refractivity contribution >= 4 is 17.9 Å². The van der Waals surface area contributed by atoms with Gasteiger partial charge in [-0.25, -0.2) is 0 Å². The van der Waals surface area contributed by atoms with Crippen molar-refractivity contribution in [3.8, 4) is 0 Å². The van der Waals surface area contributed by atoms with Crippen LogP contribution in [-0.2, 0) is 28.6 Å². The highest BCUT2D eigenvalue weighted by atomic mass is 16.6. The molecule has 0 unspecified atom stereocenters. The van der Waals surface area contributed by atoms with Crippen LogP contribution in [0, 0.1) is 5.92 Å². The van der Waals surface area contributed by atoms with Gasteiger partial charge < -0.3 is 14.2 Å². The number of hydrogen-bond donors (Lipinski definition) is 0. The summed E-state index contributed by atoms with van der Waals surface area (Å²) in [6.45, 7) is 6.03. The summed E-state index contributed by atoms with van der Waals surface area (Å²) in [4.78, 5) is 32.8. The summed E-state index contributed by atoms with van der Waals surface area (Å²) in [6.07, 6.45) is -0.500. The normalized spacial score (nSPS) is 10.3. The predicted molar refractivity (Wildman–Crippen MR) is 62.6 cm³/mol. The standard InChI is InChI=1S/C12H20O6/c1-8(2)5-12(15)18-11(6-16-9(3)13)7-17-10(4)14/h8,11H,5-7H2,1-4H3. The molecule has 0 aromatic heterocycles. The molecule has 0 aromatic carbocycles. The van der Waals surface area contributed by atoms with E-state index in [1.54, 1.807) is 0 Å². The highest BCUT2D eigenvalue weighted by Gasteiger charge is 2.18. The van der Waals surface area contributed by atoms with Gasteiger partial charge in [-0.05, 0) is 5.92 Å². The molecule has 6 nitrogen and oxygen atoms in total. The van der Waals surface area contributed by atoms with Crippen LogP contribution in [-0.4, -0.2) is 37.2 Å². The Morgan fingerprint density at radius 1 is 0.944 bits per heavy atom. The Kier molecular flexibility index (Phi) is 7.74. The van der Waals surface area contributed by atoms with Gasteiger partial charge in [0.2, 0.25) is 0 Å². The Morgan fingerprint density at radius 2 is 1.39 bits per heavy atom. The predicted octanol–water partition coefficient (Wildman–Crippen LogP) is 1.07. The maximum absolute atomic E-state index is 11.5. The molecular formula is C12H20O6. The van der Waals surface area contributed by atoms with E-state index in [2.05, 4.69) is 0 Å². The first-order valence-electron chi connectivity index (χ1n) is 5.77. The van der Waals surface area contributed by atoms with Crippen LogP contribution in [0.4, 0.5) is 0 Å². The summed E-state index contributed by atoms with van der Waals surface area (Å²) in [5.41, 5.74) is 0. The Hall–Kier alpha value is -1.59. The van der Waals surface area contributed by atoms with Crippen molar-refractivity contribution in [1.82, 2.24) is 0 Å². The summed E-state index contributed by atoms with van der Waals surface area (Å²) < 4.78 is 14.5. The summed E-state index contributed by atoms with van der Waals surface area (Å²) >= 11 is 0. The summed E-state index contributed by atoms with van der Waals surface area (Å²) in [5.74, 6) is -1.21. The van der Waals surface area contributed by atoms with Crippen molar-refractivity contribution in [3.63, 3.8) is 0 Å². The Balaban J connectivity index is 4.22. The van der Waals surface area contributed by atoms with Crippen molar-refractivity contribution in [2.45, 2.75) is 40.2 Å². The summed E-state index contributed by atoms with van der Waals surface area (Å²) in [7, 11) is 0. The molecule has 0 aromatic rings. The zero-order valence-electron chi connectivity index (χ0n) is 11.2. The summed E-state index contributed by atoms with van der Waals surface area (Å²) in [6, 6.07) is 0. The lowest BCUT2D eigenvalue weighted by atomic mass is 10.1. The van der Waals surface area contributed by atoms with Gasteiger partial charge in [0.15, 0.2) is 6.10 Å². The molecule has 6 heteroatoms. The number of carbonyl (C=O) groups excluding carboxylic acids is 3. The van der Waals surface area contributed by atoms with Gasteiger partial charge in [-0.3, -0.25) is 14.4 Å². The second-order valence-corrected chi connectivity index (χ2v) is 4.32. The highest BCUT2D eigenvalue weighted by molar-refractivity contribution is 5.70. The van der Waals surface area contributed by atoms with Gasteiger partial charge in [0, 0.05) is 20.3 Å². The van der Waals surface area contributed by atoms with Crippen LogP contribution >= 0.6 is 0 Å². The van der Waals surface area contributed by atoms with E-state index >= 15 is 0 Å². The SMILES string of the molecule is CC(=O)OCC(COC(C)=O)OC(=O)CC(C)C. The second-order valence-electron chi connectivity index (χ2n) is 4.32. The number of esters is 3. The largest absolute Gasteiger partial charge is 0.462 e. The molecule has 0 saturated heterocycles. The second kappa shape index (κ2) is 8.49. The quantitative estimate of drug-likeness (QED) is 0.503. The van der Waals surface area contributed by atoms with Gasteiger partial charge in [0.05, 0.1) is 0 Å². The van der Waals surface area contributed by atoms with E-state index in [4.69, 9.17) is 14.2 Å². The fourth-order valence-electron chi connectivity index (χ4n) is 1.10. The molecule has 18 heavy (non-hydrogen) atoms. The Morgan fingerprint density at radius 3 is 1.72 bits per heavy atom. The van der Waals surface area contributed by atoms with Crippen molar-refractivity contribution in [2.24, 2.45) is 5.92 Å². The van der Waals surface area contributed by atoms with Crippen LogP contribution < -0.4 is 0 Å². The van der Waals surface area contributed by atoms with Gasteiger partial charge in [-0.1, -0.05) is 13.8 Å². The third-order valence-corrected chi connectivity index (χ3v) is 1.82. The third-order valence-electron chi connectivity index (χ3n) is 1.82. The maximum Gasteiger partial charge on any atom is 0.306 e. The van der Waals surface area contributed by atoms with Crippen LogP contribution in [0.15, 0.2) is 0 Å². The van der Waals surface area contributed by atoms with Crippen LogP contribution in [0.2, 0.25) is 0 Å². The maximum atomic E-state index is 11.5. The molecule has 0 rings (SSSR count). The molecule has 0 aliphatic rings. The van der Waals surface area contributed by atoms with E-state index in [1.807, 2.05) is 13.8 Å². The minimum absolute atomic E-state index is 0.119. The molecule has 0 radical (unpaired) electrons.